The molecule has 0 radical (unpaired) electrons. The van der Waals surface area contributed by atoms with E-state index in [1.54, 1.807) is 0 Å². The highest BCUT2D eigenvalue weighted by molar-refractivity contribution is 5.79. The van der Waals surface area contributed by atoms with E-state index >= 15 is 0 Å². The first kappa shape index (κ1) is 8.92. The van der Waals surface area contributed by atoms with Gasteiger partial charge in [0.1, 0.15) is 0 Å². The largest absolute Gasteiger partial charge is 0.370 e. The van der Waals surface area contributed by atoms with Crippen LogP contribution in [0.1, 0.15) is 25.7 Å². The Kier molecular flexibility index (Phi) is 3.46. The molecule has 1 heterocycles. The van der Waals surface area contributed by atoms with Gasteiger partial charge in [0, 0.05) is 13.0 Å². The average molecular weight is 165 g/mol. The molecule has 12 heavy (non-hydrogen) atoms. The van der Waals surface area contributed by atoms with E-state index in [0.717, 1.165) is 32.2 Å². The lowest BCUT2D eigenvalue weighted by atomic mass is 10.1. The topological polar surface area (TPSA) is 50.4 Å². The monoisotopic (exact) mass is 165 g/mol. The Labute approximate surface area is 73.4 Å². The van der Waals surface area contributed by atoms with Gasteiger partial charge in [-0.3, -0.25) is 0 Å². The molecule has 0 bridgehead atoms. The lowest BCUT2D eigenvalue weighted by Crippen LogP contribution is -2.27. The van der Waals surface area contributed by atoms with Gasteiger partial charge in [0.25, 0.3) is 0 Å². The van der Waals surface area contributed by atoms with E-state index in [-0.39, 0.29) is 0 Å². The number of nitrogens with two attached hydrogens (primary N) is 1. The number of hydrogen-bond donors (Lipinski definition) is 2. The molecule has 0 aliphatic carbocycles. The van der Waals surface area contributed by atoms with Crippen LogP contribution < -0.4 is 11.1 Å². The van der Waals surface area contributed by atoms with Gasteiger partial charge < -0.3 is 11.1 Å². The Morgan fingerprint density at radius 2 is 2.50 bits per heavy atom. The first-order chi connectivity index (χ1) is 5.83. The predicted molar refractivity (Wildman–Crippen MR) is 50.7 cm³/mol. The molecule has 0 spiro atoms. The number of nitrogens with zero attached hydrogens (tertiary/aromatic N) is 1. The molecule has 0 aromatic carbocycles. The fourth-order valence-corrected chi connectivity index (χ4v) is 1.28. The van der Waals surface area contributed by atoms with Crippen molar-refractivity contribution in [3.05, 3.63) is 0 Å². The quantitative estimate of drug-likeness (QED) is 0.470. The maximum absolute atomic E-state index is 5.46. The summed E-state index contributed by atoms with van der Waals surface area (Å²) >= 11 is 0. The standard InChI is InChI=1S/C9H15N3/c1-2-3-4-5-6-8-7-11-9(10)12-8/h1,8H,3-7H2,(H3,10,11,12). The lowest BCUT2D eigenvalue weighted by molar-refractivity contribution is 0.585. The first-order valence-corrected chi connectivity index (χ1v) is 4.33. The Morgan fingerprint density at radius 1 is 1.67 bits per heavy atom. The summed E-state index contributed by atoms with van der Waals surface area (Å²) in [7, 11) is 0. The molecule has 1 rings (SSSR count). The highest BCUT2D eigenvalue weighted by Gasteiger charge is 2.12. The Hall–Kier alpha value is -1.17. The van der Waals surface area contributed by atoms with Gasteiger partial charge in [-0.1, -0.05) is 6.42 Å². The van der Waals surface area contributed by atoms with Gasteiger partial charge in [0.15, 0.2) is 5.96 Å². The third kappa shape index (κ3) is 2.83. The van der Waals surface area contributed by atoms with Gasteiger partial charge in [-0.25, -0.2) is 4.99 Å². The van der Waals surface area contributed by atoms with Crippen LogP contribution in [0.25, 0.3) is 0 Å². The van der Waals surface area contributed by atoms with Crippen molar-refractivity contribution in [2.45, 2.75) is 31.7 Å². The Balaban J connectivity index is 2.05. The van der Waals surface area contributed by atoms with Gasteiger partial charge in [-0.05, 0) is 12.8 Å². The summed E-state index contributed by atoms with van der Waals surface area (Å²) in [6.45, 7) is 0.891. The van der Waals surface area contributed by atoms with Crippen LogP contribution in [0, 0.1) is 12.3 Å². The molecule has 0 amide bonds. The molecule has 0 saturated carbocycles. The van der Waals surface area contributed by atoms with E-state index in [4.69, 9.17) is 12.2 Å². The zero-order valence-corrected chi connectivity index (χ0v) is 7.21. The van der Waals surface area contributed by atoms with Gasteiger partial charge in [0.05, 0.1) is 6.04 Å². The van der Waals surface area contributed by atoms with E-state index in [2.05, 4.69) is 16.2 Å². The fourth-order valence-electron chi connectivity index (χ4n) is 1.28. The second-order valence-corrected chi connectivity index (χ2v) is 3.00. The van der Waals surface area contributed by atoms with Crippen molar-refractivity contribution in [2.75, 3.05) is 6.54 Å². The number of unbranched alkanes of at least 4 members (excludes halogenated alkanes) is 2. The molecule has 1 atom stereocenters. The summed E-state index contributed by atoms with van der Waals surface area (Å²) in [6, 6.07) is 0.378. The average Bonchev–Trinajstić information content (AvgIpc) is 2.45. The van der Waals surface area contributed by atoms with E-state index in [1.165, 1.54) is 0 Å². The summed E-state index contributed by atoms with van der Waals surface area (Å²) < 4.78 is 0. The molecule has 0 aromatic rings. The van der Waals surface area contributed by atoms with Crippen LogP contribution in [-0.2, 0) is 0 Å². The smallest absolute Gasteiger partial charge is 0.189 e. The zero-order chi connectivity index (χ0) is 8.81. The Morgan fingerprint density at radius 3 is 3.08 bits per heavy atom. The van der Waals surface area contributed by atoms with Gasteiger partial charge >= 0.3 is 0 Å². The number of aliphatic imine (C=N–C) groups is 1. The highest BCUT2D eigenvalue weighted by atomic mass is 15.2. The van der Waals surface area contributed by atoms with E-state index < -0.39 is 0 Å². The van der Waals surface area contributed by atoms with Crippen LogP contribution in [0.4, 0.5) is 0 Å². The zero-order valence-electron chi connectivity index (χ0n) is 7.21. The molecule has 0 aromatic heterocycles. The molecule has 3 N–H and O–H groups in total. The van der Waals surface area contributed by atoms with Crippen LogP contribution >= 0.6 is 0 Å². The lowest BCUT2D eigenvalue weighted by Gasteiger charge is -2.03. The molecule has 3 heteroatoms. The number of rotatable bonds is 4. The minimum Gasteiger partial charge on any atom is -0.370 e. The van der Waals surface area contributed by atoms with Gasteiger partial charge in [0.2, 0.25) is 0 Å². The van der Waals surface area contributed by atoms with Crippen LogP contribution in [0.5, 0.6) is 0 Å². The molecule has 66 valence electrons. The minimum atomic E-state index is 0.378. The maximum atomic E-state index is 5.46. The fraction of sp³-hybridized carbons (Fsp3) is 0.667. The minimum absolute atomic E-state index is 0.378. The Bertz CT molecular complexity index is 202. The molecule has 1 aliphatic heterocycles. The summed E-state index contributed by atoms with van der Waals surface area (Å²) in [6.07, 6.45) is 9.35. The van der Waals surface area contributed by atoms with Crippen molar-refractivity contribution in [1.82, 2.24) is 5.32 Å². The van der Waals surface area contributed by atoms with Crippen molar-refractivity contribution in [3.8, 4) is 12.3 Å². The van der Waals surface area contributed by atoms with Crippen LogP contribution in [0.2, 0.25) is 0 Å². The number of hydrogen-bond acceptors (Lipinski definition) is 3. The molecule has 1 aliphatic rings. The number of guanidine groups is 1. The molecular weight excluding hydrogens is 150 g/mol. The molecular formula is C9H15N3. The normalized spacial score (nSPS) is 21.2. The second kappa shape index (κ2) is 4.66. The third-order valence-electron chi connectivity index (χ3n) is 1.95. The van der Waals surface area contributed by atoms with Crippen molar-refractivity contribution >= 4 is 5.96 Å². The van der Waals surface area contributed by atoms with Crippen molar-refractivity contribution in [1.29, 1.82) is 0 Å². The second-order valence-electron chi connectivity index (χ2n) is 3.00. The molecule has 0 saturated heterocycles. The van der Waals surface area contributed by atoms with Gasteiger partial charge in [-0.15, -0.1) is 12.3 Å². The summed E-state index contributed by atoms with van der Waals surface area (Å²) in [5.74, 6) is 3.21. The first-order valence-electron chi connectivity index (χ1n) is 4.33. The van der Waals surface area contributed by atoms with Crippen LogP contribution in [0.3, 0.4) is 0 Å². The van der Waals surface area contributed by atoms with Gasteiger partial charge in [-0.2, -0.15) is 0 Å². The number of terminal acetylenes is 1. The van der Waals surface area contributed by atoms with E-state index in [1.807, 2.05) is 0 Å². The van der Waals surface area contributed by atoms with E-state index in [0.29, 0.717) is 12.0 Å². The summed E-state index contributed by atoms with van der Waals surface area (Å²) in [5, 5.41) is 3.00. The van der Waals surface area contributed by atoms with Crippen molar-refractivity contribution in [2.24, 2.45) is 10.7 Å². The summed E-state index contributed by atoms with van der Waals surface area (Å²) in [4.78, 5) is 4.22. The van der Waals surface area contributed by atoms with Crippen molar-refractivity contribution < 1.29 is 0 Å². The predicted octanol–water partition coefficient (Wildman–Crippen LogP) is 0.467. The van der Waals surface area contributed by atoms with Crippen LogP contribution in [-0.4, -0.2) is 18.5 Å². The highest BCUT2D eigenvalue weighted by Crippen LogP contribution is 2.08. The van der Waals surface area contributed by atoms with Crippen molar-refractivity contribution in [3.63, 3.8) is 0 Å². The number of nitrogens with one attached hydrogen (secondary N) is 1. The SMILES string of the molecule is C#CCCCCC1CNC(N)=N1. The van der Waals surface area contributed by atoms with Crippen LogP contribution in [0.15, 0.2) is 4.99 Å². The molecule has 1 unspecified atom stereocenters. The molecule has 3 nitrogen and oxygen atoms in total. The van der Waals surface area contributed by atoms with E-state index in [9.17, 15) is 0 Å². The summed E-state index contributed by atoms with van der Waals surface area (Å²) in [5.41, 5.74) is 5.46. The maximum Gasteiger partial charge on any atom is 0.189 e. The third-order valence-corrected chi connectivity index (χ3v) is 1.95. The molecule has 0 fully saturated rings.